The minimum atomic E-state index is -0.579. The molecule has 0 aromatic heterocycles. The summed E-state index contributed by atoms with van der Waals surface area (Å²) in [6.07, 6.45) is 0.625. The summed E-state index contributed by atoms with van der Waals surface area (Å²) in [5.41, 5.74) is 1.65. The lowest BCUT2D eigenvalue weighted by Crippen LogP contribution is -2.50. The smallest absolute Gasteiger partial charge is 0.243 e. The molecule has 0 saturated carbocycles. The Morgan fingerprint density at radius 1 is 1.03 bits per heavy atom. The first-order valence-corrected chi connectivity index (χ1v) is 10.7. The number of nitrogens with zero attached hydrogens (tertiary/aromatic N) is 1. The number of rotatable bonds is 9. The Bertz CT molecular complexity index is 869. The molecular formula is C23H28Cl2N2O3. The summed E-state index contributed by atoms with van der Waals surface area (Å²) < 4.78 is 5.20. The van der Waals surface area contributed by atoms with Gasteiger partial charge in [0.2, 0.25) is 11.8 Å². The molecule has 2 aromatic rings. The fraction of sp³-hybridized carbons (Fsp3) is 0.391. The molecule has 0 fully saturated rings. The average Bonchev–Trinajstić information content (AvgIpc) is 2.70. The van der Waals surface area contributed by atoms with Crippen molar-refractivity contribution in [3.05, 3.63) is 63.6 Å². The molecule has 0 bridgehead atoms. The van der Waals surface area contributed by atoms with Crippen molar-refractivity contribution in [1.82, 2.24) is 10.2 Å². The number of amides is 2. The van der Waals surface area contributed by atoms with E-state index in [-0.39, 0.29) is 24.3 Å². The third-order valence-corrected chi connectivity index (χ3v) is 5.41. The second-order valence-corrected chi connectivity index (χ2v) is 8.20. The van der Waals surface area contributed by atoms with Crippen LogP contribution in [0.15, 0.2) is 42.5 Å². The van der Waals surface area contributed by atoms with Gasteiger partial charge in [-0.15, -0.1) is 0 Å². The van der Waals surface area contributed by atoms with Crippen LogP contribution in [-0.4, -0.2) is 35.9 Å². The van der Waals surface area contributed by atoms with Crippen molar-refractivity contribution in [2.45, 2.75) is 52.2 Å². The van der Waals surface area contributed by atoms with E-state index in [1.165, 1.54) is 0 Å². The van der Waals surface area contributed by atoms with Crippen molar-refractivity contribution in [2.75, 3.05) is 7.11 Å². The van der Waals surface area contributed by atoms with Crippen molar-refractivity contribution < 1.29 is 14.3 Å². The normalized spacial score (nSPS) is 11.8. The summed E-state index contributed by atoms with van der Waals surface area (Å²) in [5.74, 6) is 0.412. The van der Waals surface area contributed by atoms with Crippen molar-refractivity contribution in [3.63, 3.8) is 0 Å². The molecule has 0 heterocycles. The molecule has 0 aliphatic carbocycles. The molecule has 1 N–H and O–H groups in total. The molecule has 0 aliphatic rings. The van der Waals surface area contributed by atoms with Gasteiger partial charge in [0.05, 0.1) is 23.6 Å². The summed E-state index contributed by atoms with van der Waals surface area (Å²) in [4.78, 5) is 27.7. The van der Waals surface area contributed by atoms with Crippen LogP contribution in [0.3, 0.4) is 0 Å². The standard InChI is InChI=1S/C23H28Cl2N2O3/c1-5-21(23(29)26-15(2)3)27(14-16-6-9-18(30-4)10-7-16)22(28)13-17-8-11-19(24)20(25)12-17/h6-12,15,21H,5,13-14H2,1-4H3,(H,26,29). The molecule has 5 nitrogen and oxygen atoms in total. The molecule has 2 rings (SSSR count). The van der Waals surface area contributed by atoms with Crippen LogP contribution in [0.4, 0.5) is 0 Å². The highest BCUT2D eigenvalue weighted by Gasteiger charge is 2.29. The van der Waals surface area contributed by atoms with Gasteiger partial charge in [-0.25, -0.2) is 0 Å². The quantitative estimate of drug-likeness (QED) is 0.592. The molecule has 0 spiro atoms. The summed E-state index contributed by atoms with van der Waals surface area (Å²) in [6, 6.07) is 12.0. The Balaban J connectivity index is 2.30. The summed E-state index contributed by atoms with van der Waals surface area (Å²) in [5, 5.41) is 3.75. The molecule has 0 saturated heterocycles. The SMILES string of the molecule is CCC(C(=O)NC(C)C)N(Cc1ccc(OC)cc1)C(=O)Cc1ccc(Cl)c(Cl)c1. The van der Waals surface area contributed by atoms with Gasteiger partial charge >= 0.3 is 0 Å². The van der Waals surface area contributed by atoms with Crippen LogP contribution in [0.1, 0.15) is 38.3 Å². The highest BCUT2D eigenvalue weighted by Crippen LogP contribution is 2.24. The molecule has 2 aromatic carbocycles. The van der Waals surface area contributed by atoms with Gasteiger partial charge in [-0.05, 0) is 55.7 Å². The zero-order chi connectivity index (χ0) is 22.3. The van der Waals surface area contributed by atoms with Gasteiger partial charge in [-0.3, -0.25) is 9.59 Å². The van der Waals surface area contributed by atoms with E-state index in [9.17, 15) is 9.59 Å². The number of carbonyl (C=O) groups excluding carboxylic acids is 2. The highest BCUT2D eigenvalue weighted by molar-refractivity contribution is 6.42. The molecule has 0 aliphatic heterocycles. The van der Waals surface area contributed by atoms with Crippen molar-refractivity contribution in [3.8, 4) is 5.75 Å². The number of halogens is 2. The topological polar surface area (TPSA) is 58.6 Å². The lowest BCUT2D eigenvalue weighted by Gasteiger charge is -2.31. The first-order valence-electron chi connectivity index (χ1n) is 9.91. The van der Waals surface area contributed by atoms with E-state index in [0.29, 0.717) is 23.0 Å². The molecule has 2 amide bonds. The van der Waals surface area contributed by atoms with Crippen LogP contribution in [0.25, 0.3) is 0 Å². The van der Waals surface area contributed by atoms with Gasteiger partial charge in [0, 0.05) is 12.6 Å². The van der Waals surface area contributed by atoms with E-state index in [1.807, 2.05) is 45.0 Å². The monoisotopic (exact) mass is 450 g/mol. The van der Waals surface area contributed by atoms with Gasteiger partial charge in [-0.2, -0.15) is 0 Å². The van der Waals surface area contributed by atoms with Gasteiger partial charge < -0.3 is 15.0 Å². The number of benzene rings is 2. The lowest BCUT2D eigenvalue weighted by molar-refractivity contribution is -0.141. The van der Waals surface area contributed by atoms with Crippen molar-refractivity contribution in [1.29, 1.82) is 0 Å². The minimum Gasteiger partial charge on any atom is -0.497 e. The Morgan fingerprint density at radius 3 is 2.20 bits per heavy atom. The number of methoxy groups -OCH3 is 1. The van der Waals surface area contributed by atoms with Crippen molar-refractivity contribution >= 4 is 35.0 Å². The molecule has 30 heavy (non-hydrogen) atoms. The predicted molar refractivity (Wildman–Crippen MR) is 121 cm³/mol. The summed E-state index contributed by atoms with van der Waals surface area (Å²) in [6.45, 7) is 6.01. The van der Waals surface area contributed by atoms with E-state index in [2.05, 4.69) is 5.32 Å². The maximum Gasteiger partial charge on any atom is 0.243 e. The zero-order valence-corrected chi connectivity index (χ0v) is 19.3. The third-order valence-electron chi connectivity index (χ3n) is 4.67. The lowest BCUT2D eigenvalue weighted by atomic mass is 10.1. The van der Waals surface area contributed by atoms with Gasteiger partial charge in [0.25, 0.3) is 0 Å². The van der Waals surface area contributed by atoms with Crippen LogP contribution in [-0.2, 0) is 22.6 Å². The van der Waals surface area contributed by atoms with Crippen LogP contribution in [0, 0.1) is 0 Å². The van der Waals surface area contributed by atoms with Crippen LogP contribution >= 0.6 is 23.2 Å². The molecule has 7 heteroatoms. The molecule has 162 valence electrons. The third kappa shape index (κ3) is 6.64. The fourth-order valence-electron chi connectivity index (χ4n) is 3.15. The van der Waals surface area contributed by atoms with Gasteiger partial charge in [0.15, 0.2) is 0 Å². The Hall–Kier alpha value is -2.24. The van der Waals surface area contributed by atoms with E-state index >= 15 is 0 Å². The number of nitrogens with one attached hydrogen (secondary N) is 1. The number of hydrogen-bond acceptors (Lipinski definition) is 3. The Labute approximate surface area is 188 Å². The molecule has 1 atom stereocenters. The van der Waals surface area contributed by atoms with Gasteiger partial charge in [0.1, 0.15) is 11.8 Å². The second-order valence-electron chi connectivity index (χ2n) is 7.38. The molecule has 1 unspecified atom stereocenters. The van der Waals surface area contributed by atoms with Crippen LogP contribution in [0.2, 0.25) is 10.0 Å². The summed E-state index contributed by atoms with van der Waals surface area (Å²) >= 11 is 12.1. The summed E-state index contributed by atoms with van der Waals surface area (Å²) in [7, 11) is 1.60. The Kier molecular flexibility index (Phi) is 9.00. The Morgan fingerprint density at radius 2 is 1.67 bits per heavy atom. The van der Waals surface area contributed by atoms with E-state index < -0.39 is 6.04 Å². The number of carbonyl (C=O) groups is 2. The second kappa shape index (κ2) is 11.2. The van der Waals surface area contributed by atoms with Crippen LogP contribution < -0.4 is 10.1 Å². The average molecular weight is 451 g/mol. The van der Waals surface area contributed by atoms with E-state index in [1.54, 1.807) is 30.2 Å². The minimum absolute atomic E-state index is 0.0143. The molecule has 0 radical (unpaired) electrons. The first kappa shape index (κ1) is 24.0. The van der Waals surface area contributed by atoms with E-state index in [4.69, 9.17) is 27.9 Å². The maximum absolute atomic E-state index is 13.3. The van der Waals surface area contributed by atoms with Gasteiger partial charge in [-0.1, -0.05) is 48.3 Å². The van der Waals surface area contributed by atoms with E-state index in [0.717, 1.165) is 16.9 Å². The highest BCUT2D eigenvalue weighted by atomic mass is 35.5. The predicted octanol–water partition coefficient (Wildman–Crippen LogP) is 4.88. The number of ether oxygens (including phenoxy) is 1. The molecular weight excluding hydrogens is 423 g/mol. The first-order chi connectivity index (χ1) is 14.2. The number of hydrogen-bond donors (Lipinski definition) is 1. The largest absolute Gasteiger partial charge is 0.497 e. The van der Waals surface area contributed by atoms with Crippen molar-refractivity contribution in [2.24, 2.45) is 0 Å². The maximum atomic E-state index is 13.3. The zero-order valence-electron chi connectivity index (χ0n) is 17.7. The van der Waals surface area contributed by atoms with Crippen LogP contribution in [0.5, 0.6) is 5.75 Å². The fourth-order valence-corrected chi connectivity index (χ4v) is 3.47.